The Morgan fingerprint density at radius 1 is 1.06 bits per heavy atom. The van der Waals surface area contributed by atoms with E-state index in [9.17, 15) is 0 Å². The van der Waals surface area contributed by atoms with E-state index in [4.69, 9.17) is 0 Å². The quantitative estimate of drug-likeness (QED) is 0.656. The van der Waals surface area contributed by atoms with Crippen LogP contribution in [0.3, 0.4) is 0 Å². The molecule has 2 rings (SSSR count). The molecule has 1 heteroatoms. The molecule has 100 valence electrons. The van der Waals surface area contributed by atoms with E-state index < -0.39 is 0 Å². The second-order valence-corrected chi connectivity index (χ2v) is 7.94. The van der Waals surface area contributed by atoms with Gasteiger partial charge in [-0.2, -0.15) is 0 Å². The smallest absolute Gasteiger partial charge is 0.00385 e. The summed E-state index contributed by atoms with van der Waals surface area (Å²) in [6, 6.07) is 0.743. The van der Waals surface area contributed by atoms with Crippen LogP contribution in [0.2, 0.25) is 0 Å². The second-order valence-electron chi connectivity index (χ2n) is 7.94. The molecule has 0 aromatic heterocycles. The van der Waals surface area contributed by atoms with E-state index in [1.165, 1.54) is 45.2 Å². The summed E-state index contributed by atoms with van der Waals surface area (Å²) in [5, 5.41) is 0. The molecule has 1 atom stereocenters. The van der Waals surface area contributed by atoms with E-state index in [0.717, 1.165) is 17.4 Å². The van der Waals surface area contributed by atoms with Gasteiger partial charge in [0.1, 0.15) is 0 Å². The van der Waals surface area contributed by atoms with Crippen LogP contribution < -0.4 is 0 Å². The van der Waals surface area contributed by atoms with Crippen LogP contribution in [0.1, 0.15) is 66.7 Å². The molecular weight excluding hydrogens is 206 g/mol. The summed E-state index contributed by atoms with van der Waals surface area (Å²) in [5.74, 6) is 0.966. The number of hydrogen-bond donors (Lipinski definition) is 0. The van der Waals surface area contributed by atoms with Gasteiger partial charge < -0.3 is 4.90 Å². The lowest BCUT2D eigenvalue weighted by Crippen LogP contribution is -2.42. The molecule has 1 saturated heterocycles. The monoisotopic (exact) mass is 237 g/mol. The van der Waals surface area contributed by atoms with Crippen molar-refractivity contribution in [2.24, 2.45) is 16.7 Å². The van der Waals surface area contributed by atoms with Crippen LogP contribution >= 0.6 is 0 Å². The SMILES string of the molecule is CC(C)N1CCC2(CCC(C(C)(C)C)C2)CC1. The van der Waals surface area contributed by atoms with Gasteiger partial charge >= 0.3 is 0 Å². The van der Waals surface area contributed by atoms with Gasteiger partial charge in [-0.25, -0.2) is 0 Å². The minimum atomic E-state index is 0.526. The molecule has 1 aliphatic heterocycles. The van der Waals surface area contributed by atoms with Crippen molar-refractivity contribution in [3.8, 4) is 0 Å². The van der Waals surface area contributed by atoms with Crippen LogP contribution in [0, 0.1) is 16.7 Å². The first-order valence-electron chi connectivity index (χ1n) is 7.56. The van der Waals surface area contributed by atoms with E-state index in [-0.39, 0.29) is 0 Å². The third kappa shape index (κ3) is 2.86. The molecule has 1 heterocycles. The Labute approximate surface area is 108 Å². The Kier molecular flexibility index (Phi) is 3.60. The van der Waals surface area contributed by atoms with E-state index in [0.29, 0.717) is 5.41 Å². The molecule has 1 aliphatic carbocycles. The fourth-order valence-corrected chi connectivity index (χ4v) is 3.92. The van der Waals surface area contributed by atoms with Gasteiger partial charge in [-0.15, -0.1) is 0 Å². The van der Waals surface area contributed by atoms with Crippen LogP contribution in [0.4, 0.5) is 0 Å². The van der Waals surface area contributed by atoms with E-state index in [2.05, 4.69) is 39.5 Å². The first-order valence-corrected chi connectivity index (χ1v) is 7.56. The van der Waals surface area contributed by atoms with E-state index >= 15 is 0 Å². The van der Waals surface area contributed by atoms with Crippen molar-refractivity contribution >= 4 is 0 Å². The summed E-state index contributed by atoms with van der Waals surface area (Å²) in [5.41, 5.74) is 1.25. The molecule has 1 spiro atoms. The van der Waals surface area contributed by atoms with Gasteiger partial charge in [-0.3, -0.25) is 0 Å². The third-order valence-corrected chi connectivity index (χ3v) is 5.52. The van der Waals surface area contributed by atoms with Gasteiger partial charge in [0.05, 0.1) is 0 Å². The van der Waals surface area contributed by atoms with Crippen LogP contribution in [0.5, 0.6) is 0 Å². The van der Waals surface area contributed by atoms with Crippen LogP contribution in [0.25, 0.3) is 0 Å². The topological polar surface area (TPSA) is 3.24 Å². The summed E-state index contributed by atoms with van der Waals surface area (Å²) in [4.78, 5) is 2.66. The predicted molar refractivity (Wildman–Crippen MR) is 75.2 cm³/mol. The van der Waals surface area contributed by atoms with Crippen LogP contribution in [-0.4, -0.2) is 24.0 Å². The molecule has 0 radical (unpaired) electrons. The fourth-order valence-electron chi connectivity index (χ4n) is 3.92. The summed E-state index contributed by atoms with van der Waals surface area (Å²) in [6.07, 6.45) is 7.39. The second kappa shape index (κ2) is 4.57. The van der Waals surface area contributed by atoms with Gasteiger partial charge in [-0.05, 0) is 75.8 Å². The maximum atomic E-state index is 2.66. The standard InChI is InChI=1S/C16H31N/c1-13(2)17-10-8-16(9-11-17)7-6-14(12-16)15(3,4)5/h13-14H,6-12H2,1-5H3. The highest BCUT2D eigenvalue weighted by atomic mass is 15.2. The van der Waals surface area contributed by atoms with Crippen molar-refractivity contribution in [1.29, 1.82) is 0 Å². The average Bonchev–Trinajstić information content (AvgIpc) is 2.62. The van der Waals surface area contributed by atoms with E-state index in [1.807, 2.05) is 0 Å². The molecule has 2 aliphatic rings. The Morgan fingerprint density at radius 3 is 2.06 bits per heavy atom. The summed E-state index contributed by atoms with van der Waals surface area (Å²) in [7, 11) is 0. The number of hydrogen-bond acceptors (Lipinski definition) is 1. The molecule has 17 heavy (non-hydrogen) atoms. The lowest BCUT2D eigenvalue weighted by molar-refractivity contribution is 0.0775. The first kappa shape index (κ1) is 13.4. The van der Waals surface area contributed by atoms with Crippen molar-refractivity contribution in [2.45, 2.75) is 72.8 Å². The molecule has 0 aromatic rings. The zero-order chi connectivity index (χ0) is 12.7. The Balaban J connectivity index is 1.92. The van der Waals surface area contributed by atoms with Crippen molar-refractivity contribution in [2.75, 3.05) is 13.1 Å². The van der Waals surface area contributed by atoms with Gasteiger partial charge in [0.25, 0.3) is 0 Å². The van der Waals surface area contributed by atoms with Gasteiger partial charge in [0.15, 0.2) is 0 Å². The molecule has 0 amide bonds. The lowest BCUT2D eigenvalue weighted by atomic mass is 9.72. The van der Waals surface area contributed by atoms with Crippen LogP contribution in [-0.2, 0) is 0 Å². The van der Waals surface area contributed by atoms with E-state index in [1.54, 1.807) is 0 Å². The van der Waals surface area contributed by atoms with Crippen LogP contribution in [0.15, 0.2) is 0 Å². The maximum Gasteiger partial charge on any atom is 0.00385 e. The van der Waals surface area contributed by atoms with Crippen molar-refractivity contribution < 1.29 is 0 Å². The minimum absolute atomic E-state index is 0.526. The number of rotatable bonds is 1. The third-order valence-electron chi connectivity index (χ3n) is 5.52. The fraction of sp³-hybridized carbons (Fsp3) is 1.00. The maximum absolute atomic E-state index is 2.66. The van der Waals surface area contributed by atoms with Crippen molar-refractivity contribution in [3.05, 3.63) is 0 Å². The summed E-state index contributed by atoms with van der Waals surface area (Å²) in [6.45, 7) is 14.7. The number of nitrogens with zero attached hydrogens (tertiary/aromatic N) is 1. The molecule has 0 bridgehead atoms. The number of likely N-dealkylation sites (tertiary alicyclic amines) is 1. The highest BCUT2D eigenvalue weighted by Gasteiger charge is 2.44. The Hall–Kier alpha value is -0.0400. The lowest BCUT2D eigenvalue weighted by Gasteiger charge is -2.42. The molecule has 1 unspecified atom stereocenters. The molecule has 0 N–H and O–H groups in total. The summed E-state index contributed by atoms with van der Waals surface area (Å²) < 4.78 is 0. The Bertz CT molecular complexity index is 253. The zero-order valence-corrected chi connectivity index (χ0v) is 12.6. The van der Waals surface area contributed by atoms with Gasteiger partial charge in [0, 0.05) is 6.04 Å². The van der Waals surface area contributed by atoms with Crippen molar-refractivity contribution in [1.82, 2.24) is 4.90 Å². The molecule has 2 fully saturated rings. The Morgan fingerprint density at radius 2 is 1.65 bits per heavy atom. The summed E-state index contributed by atoms with van der Waals surface area (Å²) >= 11 is 0. The molecular formula is C16H31N. The highest BCUT2D eigenvalue weighted by molar-refractivity contribution is 4.96. The zero-order valence-electron chi connectivity index (χ0n) is 12.6. The molecule has 1 nitrogen and oxygen atoms in total. The normalized spacial score (nSPS) is 30.4. The number of piperidine rings is 1. The van der Waals surface area contributed by atoms with Gasteiger partial charge in [0.2, 0.25) is 0 Å². The first-order chi connectivity index (χ1) is 7.82. The minimum Gasteiger partial charge on any atom is -0.301 e. The average molecular weight is 237 g/mol. The predicted octanol–water partition coefficient (Wildman–Crippen LogP) is 4.32. The highest BCUT2D eigenvalue weighted by Crippen LogP contribution is 2.53. The molecule has 0 aromatic carbocycles. The largest absolute Gasteiger partial charge is 0.301 e. The van der Waals surface area contributed by atoms with Crippen molar-refractivity contribution in [3.63, 3.8) is 0 Å². The molecule has 1 saturated carbocycles. The van der Waals surface area contributed by atoms with Gasteiger partial charge in [-0.1, -0.05) is 20.8 Å².